The molecule has 0 saturated carbocycles. The molecule has 0 aromatic rings. The average molecular weight is 182 g/mol. The number of esters is 1. The minimum atomic E-state index is -0.152. The van der Waals surface area contributed by atoms with Crippen LogP contribution in [-0.2, 0) is 9.53 Å². The first-order valence-electron chi connectivity index (χ1n) is 4.72. The predicted octanol–water partition coefficient (Wildman–Crippen LogP) is 2.85. The maximum Gasteiger partial charge on any atom is 0.306 e. The Labute approximate surface area is 80.3 Å². The fourth-order valence-corrected chi connectivity index (χ4v) is 0.786. The van der Waals surface area contributed by atoms with E-state index in [2.05, 4.69) is 13.5 Å². The van der Waals surface area contributed by atoms with Crippen LogP contribution in [0.15, 0.2) is 24.8 Å². The maximum absolute atomic E-state index is 10.9. The third kappa shape index (κ3) is 8.86. The van der Waals surface area contributed by atoms with Gasteiger partial charge in [-0.15, -0.1) is 6.58 Å². The SMILES string of the molecule is C=CCCC(=O)OC/C=C/CCC. The van der Waals surface area contributed by atoms with E-state index in [9.17, 15) is 4.79 Å². The highest BCUT2D eigenvalue weighted by Crippen LogP contribution is 1.94. The molecule has 0 bridgehead atoms. The van der Waals surface area contributed by atoms with Crippen molar-refractivity contribution in [3.63, 3.8) is 0 Å². The summed E-state index contributed by atoms with van der Waals surface area (Å²) >= 11 is 0. The van der Waals surface area contributed by atoms with Crippen LogP contribution in [0.4, 0.5) is 0 Å². The van der Waals surface area contributed by atoms with Gasteiger partial charge in [0.1, 0.15) is 6.61 Å². The third-order valence-electron chi connectivity index (χ3n) is 1.52. The molecule has 0 atom stereocenters. The minimum Gasteiger partial charge on any atom is -0.461 e. The van der Waals surface area contributed by atoms with Crippen molar-refractivity contribution in [1.82, 2.24) is 0 Å². The second-order valence-electron chi connectivity index (χ2n) is 2.77. The lowest BCUT2D eigenvalue weighted by Gasteiger charge is -1.98. The molecule has 0 saturated heterocycles. The molecule has 2 nitrogen and oxygen atoms in total. The van der Waals surface area contributed by atoms with E-state index in [1.54, 1.807) is 6.08 Å². The van der Waals surface area contributed by atoms with Gasteiger partial charge in [0.2, 0.25) is 0 Å². The van der Waals surface area contributed by atoms with Gasteiger partial charge >= 0.3 is 5.97 Å². The highest BCUT2D eigenvalue weighted by Gasteiger charge is 1.97. The Kier molecular flexibility index (Phi) is 8.31. The average Bonchev–Trinajstić information content (AvgIpc) is 2.14. The molecule has 0 heterocycles. The van der Waals surface area contributed by atoms with E-state index in [4.69, 9.17) is 4.74 Å². The molecule has 74 valence electrons. The van der Waals surface area contributed by atoms with Crippen molar-refractivity contribution in [3.05, 3.63) is 24.8 Å². The van der Waals surface area contributed by atoms with Crippen LogP contribution < -0.4 is 0 Å². The number of hydrogen-bond donors (Lipinski definition) is 0. The zero-order chi connectivity index (χ0) is 9.94. The number of rotatable bonds is 7. The van der Waals surface area contributed by atoms with Crippen molar-refractivity contribution in [2.45, 2.75) is 32.6 Å². The molecule has 0 radical (unpaired) electrons. The van der Waals surface area contributed by atoms with Crippen LogP contribution in [-0.4, -0.2) is 12.6 Å². The molecule has 0 rings (SSSR count). The first-order chi connectivity index (χ1) is 6.31. The molecule has 0 aromatic heterocycles. The molecule has 0 spiro atoms. The number of ether oxygens (including phenoxy) is 1. The minimum absolute atomic E-state index is 0.152. The molecule has 0 unspecified atom stereocenters. The Morgan fingerprint density at radius 1 is 1.38 bits per heavy atom. The molecule has 0 aliphatic heterocycles. The van der Waals surface area contributed by atoms with Gasteiger partial charge in [-0.25, -0.2) is 0 Å². The van der Waals surface area contributed by atoms with Crippen LogP contribution in [0.5, 0.6) is 0 Å². The third-order valence-corrected chi connectivity index (χ3v) is 1.52. The fraction of sp³-hybridized carbons (Fsp3) is 0.545. The summed E-state index contributed by atoms with van der Waals surface area (Å²) in [5.74, 6) is -0.152. The van der Waals surface area contributed by atoms with Crippen molar-refractivity contribution in [2.24, 2.45) is 0 Å². The highest BCUT2D eigenvalue weighted by molar-refractivity contribution is 5.69. The van der Waals surface area contributed by atoms with Gasteiger partial charge in [-0.3, -0.25) is 4.79 Å². The van der Waals surface area contributed by atoms with E-state index in [0.29, 0.717) is 19.4 Å². The van der Waals surface area contributed by atoms with Crippen LogP contribution in [0, 0.1) is 0 Å². The summed E-state index contributed by atoms with van der Waals surface area (Å²) in [6.07, 6.45) is 8.93. The van der Waals surface area contributed by atoms with Gasteiger partial charge in [-0.2, -0.15) is 0 Å². The number of allylic oxidation sites excluding steroid dienone is 2. The standard InChI is InChI=1S/C11H18O2/c1-3-5-7-8-10-13-11(12)9-6-4-2/h4,7-8H,2-3,5-6,9-10H2,1H3/b8-7+. The van der Waals surface area contributed by atoms with E-state index in [0.717, 1.165) is 12.8 Å². The molecule has 0 aliphatic carbocycles. The monoisotopic (exact) mass is 182 g/mol. The van der Waals surface area contributed by atoms with E-state index in [-0.39, 0.29) is 5.97 Å². The van der Waals surface area contributed by atoms with Crippen LogP contribution in [0.2, 0.25) is 0 Å². The lowest BCUT2D eigenvalue weighted by molar-refractivity contribution is -0.142. The lowest BCUT2D eigenvalue weighted by atomic mass is 10.3. The Morgan fingerprint density at radius 3 is 2.77 bits per heavy atom. The summed E-state index contributed by atoms with van der Waals surface area (Å²) in [5, 5.41) is 0. The van der Waals surface area contributed by atoms with Crippen LogP contribution in [0.3, 0.4) is 0 Å². The van der Waals surface area contributed by atoms with Gasteiger partial charge in [0.15, 0.2) is 0 Å². The van der Waals surface area contributed by atoms with Gasteiger partial charge in [-0.05, 0) is 12.8 Å². The predicted molar refractivity (Wildman–Crippen MR) is 54.4 cm³/mol. The van der Waals surface area contributed by atoms with Gasteiger partial charge in [0.05, 0.1) is 0 Å². The molecule has 0 aromatic carbocycles. The van der Waals surface area contributed by atoms with Crippen molar-refractivity contribution >= 4 is 5.97 Å². The Morgan fingerprint density at radius 2 is 2.15 bits per heavy atom. The van der Waals surface area contributed by atoms with E-state index < -0.39 is 0 Å². The van der Waals surface area contributed by atoms with Crippen LogP contribution in [0.1, 0.15) is 32.6 Å². The van der Waals surface area contributed by atoms with Gasteiger partial charge < -0.3 is 4.74 Å². The molecule has 2 heteroatoms. The molecular weight excluding hydrogens is 164 g/mol. The van der Waals surface area contributed by atoms with Gasteiger partial charge in [0.25, 0.3) is 0 Å². The number of carbonyl (C=O) groups excluding carboxylic acids is 1. The molecular formula is C11H18O2. The van der Waals surface area contributed by atoms with Crippen molar-refractivity contribution in [2.75, 3.05) is 6.61 Å². The number of hydrogen-bond acceptors (Lipinski definition) is 2. The van der Waals surface area contributed by atoms with Gasteiger partial charge in [-0.1, -0.05) is 31.6 Å². The topological polar surface area (TPSA) is 26.3 Å². The van der Waals surface area contributed by atoms with Crippen LogP contribution >= 0.6 is 0 Å². The lowest BCUT2D eigenvalue weighted by Crippen LogP contribution is -2.03. The summed E-state index contributed by atoms with van der Waals surface area (Å²) < 4.78 is 4.92. The fourth-order valence-electron chi connectivity index (χ4n) is 0.786. The summed E-state index contributed by atoms with van der Waals surface area (Å²) in [6, 6.07) is 0. The summed E-state index contributed by atoms with van der Waals surface area (Å²) in [7, 11) is 0. The normalized spacial score (nSPS) is 10.2. The molecule has 0 fully saturated rings. The van der Waals surface area contributed by atoms with Crippen molar-refractivity contribution < 1.29 is 9.53 Å². The maximum atomic E-state index is 10.9. The zero-order valence-corrected chi connectivity index (χ0v) is 8.29. The number of unbranched alkanes of at least 4 members (excludes halogenated alkanes) is 1. The second kappa shape index (κ2) is 9.04. The van der Waals surface area contributed by atoms with Crippen LogP contribution in [0.25, 0.3) is 0 Å². The highest BCUT2D eigenvalue weighted by atomic mass is 16.5. The van der Waals surface area contributed by atoms with E-state index >= 15 is 0 Å². The smallest absolute Gasteiger partial charge is 0.306 e. The first kappa shape index (κ1) is 11.9. The van der Waals surface area contributed by atoms with Crippen molar-refractivity contribution in [3.8, 4) is 0 Å². The van der Waals surface area contributed by atoms with E-state index in [1.807, 2.05) is 12.2 Å². The summed E-state index contributed by atoms with van der Waals surface area (Å²) in [5.41, 5.74) is 0. The van der Waals surface area contributed by atoms with E-state index in [1.165, 1.54) is 0 Å². The largest absolute Gasteiger partial charge is 0.461 e. The molecule has 0 amide bonds. The Hall–Kier alpha value is -1.05. The molecule has 0 aliphatic rings. The molecule has 13 heavy (non-hydrogen) atoms. The first-order valence-corrected chi connectivity index (χ1v) is 4.72. The summed E-state index contributed by atoms with van der Waals surface area (Å²) in [6.45, 7) is 6.04. The van der Waals surface area contributed by atoms with Gasteiger partial charge in [0, 0.05) is 6.42 Å². The Bertz CT molecular complexity index is 171. The van der Waals surface area contributed by atoms with Crippen molar-refractivity contribution in [1.29, 1.82) is 0 Å². The number of carbonyl (C=O) groups is 1. The molecule has 0 N–H and O–H groups in total. The second-order valence-corrected chi connectivity index (χ2v) is 2.77. The summed E-state index contributed by atoms with van der Waals surface area (Å²) in [4.78, 5) is 10.9. The Balaban J connectivity index is 3.30. The quantitative estimate of drug-likeness (QED) is 0.447. The zero-order valence-electron chi connectivity index (χ0n) is 8.29.